The molecule has 49 heavy (non-hydrogen) atoms. The van der Waals surface area contributed by atoms with Gasteiger partial charge in [-0.15, -0.1) is 11.3 Å². The summed E-state index contributed by atoms with van der Waals surface area (Å²) in [6.07, 6.45) is 0. The molecule has 0 fully saturated rings. The average molecular weight is 642 g/mol. The van der Waals surface area contributed by atoms with Gasteiger partial charge in [-0.25, -0.2) is 15.0 Å². The van der Waals surface area contributed by atoms with E-state index in [0.717, 1.165) is 61.1 Å². The number of hydrogen-bond acceptors (Lipinski definition) is 4. The van der Waals surface area contributed by atoms with Crippen molar-refractivity contribution in [1.29, 1.82) is 0 Å². The average Bonchev–Trinajstić information content (AvgIpc) is 3.57. The Balaban J connectivity index is 1.21. The van der Waals surface area contributed by atoms with E-state index in [0.29, 0.717) is 0 Å². The van der Waals surface area contributed by atoms with Crippen molar-refractivity contribution < 1.29 is 0 Å². The molecule has 3 nitrogen and oxygen atoms in total. The SMILES string of the molecule is c1ccc(-c2ccc(-c3nc(-c4cccc5c4sc4ccc6c(-c7ccccc7)nc7ccccc7c6c45)nc4ccccc34)cc2)cc1. The second kappa shape index (κ2) is 11.2. The molecule has 228 valence electrons. The lowest BCUT2D eigenvalue weighted by Crippen LogP contribution is -1.95. The molecule has 10 aromatic rings. The van der Waals surface area contributed by atoms with Crippen molar-refractivity contribution in [3.8, 4) is 45.0 Å². The summed E-state index contributed by atoms with van der Waals surface area (Å²) < 4.78 is 2.43. The van der Waals surface area contributed by atoms with Gasteiger partial charge in [0.25, 0.3) is 0 Å². The molecule has 0 atom stereocenters. The minimum Gasteiger partial charge on any atom is -0.247 e. The lowest BCUT2D eigenvalue weighted by atomic mass is 9.96. The van der Waals surface area contributed by atoms with E-state index in [2.05, 4.69) is 158 Å². The Morgan fingerprint density at radius 1 is 0.347 bits per heavy atom. The largest absolute Gasteiger partial charge is 0.247 e. The second-order valence-corrected chi connectivity index (χ2v) is 13.4. The first-order chi connectivity index (χ1) is 24.3. The number of thiophene rings is 1. The topological polar surface area (TPSA) is 38.7 Å². The number of aromatic nitrogens is 3. The second-order valence-electron chi connectivity index (χ2n) is 12.3. The maximum atomic E-state index is 5.32. The molecule has 3 aromatic heterocycles. The number of para-hydroxylation sites is 2. The zero-order valence-corrected chi connectivity index (χ0v) is 27.2. The number of pyridine rings is 1. The molecular formula is C45H27N3S. The van der Waals surface area contributed by atoms with Crippen LogP contribution in [0.15, 0.2) is 164 Å². The highest BCUT2D eigenvalue weighted by Crippen LogP contribution is 2.46. The van der Waals surface area contributed by atoms with Crippen LogP contribution in [0.4, 0.5) is 0 Å². The Morgan fingerprint density at radius 3 is 1.69 bits per heavy atom. The fraction of sp³-hybridized carbons (Fsp3) is 0. The summed E-state index contributed by atoms with van der Waals surface area (Å²) in [7, 11) is 0. The number of fused-ring (bicyclic) bond motifs is 8. The van der Waals surface area contributed by atoms with Crippen LogP contribution < -0.4 is 0 Å². The number of benzene rings is 7. The zero-order chi connectivity index (χ0) is 32.3. The van der Waals surface area contributed by atoms with E-state index in [4.69, 9.17) is 15.0 Å². The molecule has 0 radical (unpaired) electrons. The maximum absolute atomic E-state index is 5.32. The van der Waals surface area contributed by atoms with Crippen molar-refractivity contribution in [1.82, 2.24) is 15.0 Å². The van der Waals surface area contributed by atoms with Crippen LogP contribution in [-0.2, 0) is 0 Å². The normalized spacial score (nSPS) is 11.7. The lowest BCUT2D eigenvalue weighted by Gasteiger charge is -2.12. The summed E-state index contributed by atoms with van der Waals surface area (Å²) in [6, 6.07) is 57.6. The molecule has 0 amide bonds. The molecule has 4 heteroatoms. The molecule has 0 spiro atoms. The third kappa shape index (κ3) is 4.53. The van der Waals surface area contributed by atoms with E-state index in [1.165, 1.54) is 36.7 Å². The molecule has 0 saturated heterocycles. The summed E-state index contributed by atoms with van der Waals surface area (Å²) in [5, 5.41) is 7.07. The molecule has 0 aliphatic carbocycles. The Labute approximate surface area is 286 Å². The van der Waals surface area contributed by atoms with E-state index < -0.39 is 0 Å². The van der Waals surface area contributed by atoms with Crippen molar-refractivity contribution in [2.45, 2.75) is 0 Å². The molecule has 0 aliphatic rings. The molecule has 10 rings (SSSR count). The van der Waals surface area contributed by atoms with E-state index in [1.54, 1.807) is 0 Å². The maximum Gasteiger partial charge on any atom is 0.161 e. The van der Waals surface area contributed by atoms with Gasteiger partial charge in [0.1, 0.15) is 0 Å². The minimum atomic E-state index is 0.735. The fourth-order valence-corrected chi connectivity index (χ4v) is 8.41. The summed E-state index contributed by atoms with van der Waals surface area (Å²) in [4.78, 5) is 15.7. The molecule has 0 unspecified atom stereocenters. The smallest absolute Gasteiger partial charge is 0.161 e. The van der Waals surface area contributed by atoms with E-state index >= 15 is 0 Å². The third-order valence-corrected chi connectivity index (χ3v) is 10.7. The van der Waals surface area contributed by atoms with Crippen LogP contribution in [0, 0.1) is 0 Å². The first kappa shape index (κ1) is 27.8. The molecular weight excluding hydrogens is 615 g/mol. The van der Waals surface area contributed by atoms with Crippen molar-refractivity contribution >= 4 is 64.1 Å². The third-order valence-electron chi connectivity index (χ3n) is 9.48. The van der Waals surface area contributed by atoms with E-state index in [-0.39, 0.29) is 0 Å². The van der Waals surface area contributed by atoms with Crippen molar-refractivity contribution in [3.63, 3.8) is 0 Å². The number of hydrogen-bond donors (Lipinski definition) is 0. The van der Waals surface area contributed by atoms with Crippen LogP contribution in [0.25, 0.3) is 97.8 Å². The highest BCUT2D eigenvalue weighted by molar-refractivity contribution is 7.26. The summed E-state index contributed by atoms with van der Waals surface area (Å²) in [5.41, 5.74) is 9.49. The fourth-order valence-electron chi connectivity index (χ4n) is 7.19. The molecule has 3 heterocycles. The molecule has 7 aromatic carbocycles. The van der Waals surface area contributed by atoms with Crippen molar-refractivity contribution in [2.24, 2.45) is 0 Å². The van der Waals surface area contributed by atoms with Crippen LogP contribution in [0.2, 0.25) is 0 Å². The van der Waals surface area contributed by atoms with Gasteiger partial charge in [0.2, 0.25) is 0 Å². The minimum absolute atomic E-state index is 0.735. The standard InChI is InChI=1S/C45H27N3S/c1-3-12-28(13-4-1)29-22-24-31(25-23-29)42-33-17-8-10-21-38(33)47-45(48-42)36-19-11-18-35-41-39(49-44(35)36)27-26-34-40(41)32-16-7-9-20-37(32)46-43(34)30-14-5-2-6-15-30/h1-27H. The Morgan fingerprint density at radius 2 is 0.918 bits per heavy atom. The van der Waals surface area contributed by atoms with Gasteiger partial charge in [0.15, 0.2) is 5.82 Å². The van der Waals surface area contributed by atoms with Gasteiger partial charge in [0.05, 0.1) is 22.4 Å². The first-order valence-electron chi connectivity index (χ1n) is 16.5. The van der Waals surface area contributed by atoms with E-state index in [9.17, 15) is 0 Å². The van der Waals surface area contributed by atoms with Crippen LogP contribution in [0.3, 0.4) is 0 Å². The van der Waals surface area contributed by atoms with Gasteiger partial charge < -0.3 is 0 Å². The van der Waals surface area contributed by atoms with Gasteiger partial charge >= 0.3 is 0 Å². The molecule has 0 bridgehead atoms. The van der Waals surface area contributed by atoms with E-state index in [1.807, 2.05) is 17.4 Å². The highest BCUT2D eigenvalue weighted by Gasteiger charge is 2.20. The van der Waals surface area contributed by atoms with Gasteiger partial charge in [-0.1, -0.05) is 140 Å². The van der Waals surface area contributed by atoms with Crippen LogP contribution >= 0.6 is 11.3 Å². The number of rotatable bonds is 4. The zero-order valence-electron chi connectivity index (χ0n) is 26.3. The number of nitrogens with zero attached hydrogens (tertiary/aromatic N) is 3. The monoisotopic (exact) mass is 641 g/mol. The molecule has 0 N–H and O–H groups in total. The predicted octanol–water partition coefficient (Wildman–Crippen LogP) is 12.4. The Kier molecular flexibility index (Phi) is 6.36. The Bertz CT molecular complexity index is 2860. The summed E-state index contributed by atoms with van der Waals surface area (Å²) in [6.45, 7) is 0. The summed E-state index contributed by atoms with van der Waals surface area (Å²) >= 11 is 1.81. The highest BCUT2D eigenvalue weighted by atomic mass is 32.1. The summed E-state index contributed by atoms with van der Waals surface area (Å²) in [5.74, 6) is 0.735. The van der Waals surface area contributed by atoms with Gasteiger partial charge in [-0.3, -0.25) is 0 Å². The first-order valence-corrected chi connectivity index (χ1v) is 17.3. The van der Waals surface area contributed by atoms with Gasteiger partial charge in [-0.05, 0) is 35.4 Å². The van der Waals surface area contributed by atoms with Crippen molar-refractivity contribution in [2.75, 3.05) is 0 Å². The molecule has 0 aliphatic heterocycles. The van der Waals surface area contributed by atoms with Gasteiger partial charge in [-0.2, -0.15) is 0 Å². The van der Waals surface area contributed by atoms with Crippen LogP contribution in [0.5, 0.6) is 0 Å². The predicted molar refractivity (Wildman–Crippen MR) is 207 cm³/mol. The quantitative estimate of drug-likeness (QED) is 0.180. The Hall–Kier alpha value is -6.23. The van der Waals surface area contributed by atoms with Crippen LogP contribution in [0.1, 0.15) is 0 Å². The van der Waals surface area contributed by atoms with Gasteiger partial charge in [0, 0.05) is 58.4 Å². The van der Waals surface area contributed by atoms with Crippen molar-refractivity contribution in [3.05, 3.63) is 164 Å². The molecule has 0 saturated carbocycles. The lowest BCUT2D eigenvalue weighted by molar-refractivity contribution is 1.24. The van der Waals surface area contributed by atoms with Crippen LogP contribution in [-0.4, -0.2) is 15.0 Å².